The van der Waals surface area contributed by atoms with E-state index in [-0.39, 0.29) is 12.0 Å². The highest BCUT2D eigenvalue weighted by Gasteiger charge is 2.40. The summed E-state index contributed by atoms with van der Waals surface area (Å²) in [4.78, 5) is 6.65. The van der Waals surface area contributed by atoms with Crippen molar-refractivity contribution in [3.8, 4) is 0 Å². The van der Waals surface area contributed by atoms with Crippen LogP contribution in [0.3, 0.4) is 0 Å². The number of nitrogen functional groups attached to an aromatic ring is 1. The Kier molecular flexibility index (Phi) is 2.47. The minimum absolute atomic E-state index is 0.249. The highest BCUT2D eigenvalue weighted by molar-refractivity contribution is 6.29. The molecule has 1 fully saturated rings. The summed E-state index contributed by atoms with van der Waals surface area (Å²) in [5.74, 6) is 1.09. The summed E-state index contributed by atoms with van der Waals surface area (Å²) in [6.07, 6.45) is 1.56. The van der Waals surface area contributed by atoms with E-state index in [0.29, 0.717) is 10.8 Å². The topological polar surface area (TPSA) is 80.0 Å². The summed E-state index contributed by atoms with van der Waals surface area (Å²) < 4.78 is 0. The second-order valence-electron chi connectivity index (χ2n) is 5.18. The van der Waals surface area contributed by atoms with E-state index in [9.17, 15) is 0 Å². The number of hydrogen-bond donors (Lipinski definition) is 2. The first-order valence-electron chi connectivity index (χ1n) is 6.47. The highest BCUT2D eigenvalue weighted by atomic mass is 35.5. The van der Waals surface area contributed by atoms with Crippen molar-refractivity contribution in [3.05, 3.63) is 35.2 Å². The van der Waals surface area contributed by atoms with E-state index in [1.54, 1.807) is 6.20 Å². The largest absolute Gasteiger partial charge is 0.397 e. The number of rotatable bonds is 1. The van der Waals surface area contributed by atoms with Crippen LogP contribution in [0.25, 0.3) is 0 Å². The minimum Gasteiger partial charge on any atom is -0.397 e. The number of nitrogens with one attached hydrogen (secondary N) is 1. The Balaban J connectivity index is 1.70. The molecule has 2 atom stereocenters. The molecule has 0 amide bonds. The monoisotopic (exact) mass is 288 g/mol. The predicted octanol–water partition coefficient (Wildman–Crippen LogP) is 1.51. The van der Waals surface area contributed by atoms with Crippen LogP contribution in [0, 0.1) is 0 Å². The number of anilines is 3. The zero-order chi connectivity index (χ0) is 13.7. The van der Waals surface area contributed by atoms with Crippen LogP contribution in [0.4, 0.5) is 17.2 Å². The van der Waals surface area contributed by atoms with Gasteiger partial charge < -0.3 is 16.0 Å². The van der Waals surface area contributed by atoms with Crippen LogP contribution in [-0.4, -0.2) is 34.3 Å². The Bertz CT molecular complexity index is 676. The summed E-state index contributed by atoms with van der Waals surface area (Å²) >= 11 is 5.96. The molecule has 20 heavy (non-hydrogen) atoms. The van der Waals surface area contributed by atoms with Gasteiger partial charge in [0.15, 0.2) is 5.82 Å². The Hall–Kier alpha value is -2.08. The number of pyridine rings is 1. The quantitative estimate of drug-likeness (QED) is 0.774. The molecule has 2 bridgehead atoms. The van der Waals surface area contributed by atoms with Gasteiger partial charge in [0, 0.05) is 19.0 Å². The predicted molar refractivity (Wildman–Crippen MR) is 78.1 cm³/mol. The number of nitrogens with zero attached hydrogens (tertiary/aromatic N) is 4. The van der Waals surface area contributed by atoms with Crippen molar-refractivity contribution < 1.29 is 0 Å². The first kappa shape index (κ1) is 11.7. The Morgan fingerprint density at radius 3 is 3.10 bits per heavy atom. The molecular weight excluding hydrogens is 276 g/mol. The Morgan fingerprint density at radius 1 is 1.35 bits per heavy atom. The maximum Gasteiger partial charge on any atom is 0.151 e. The van der Waals surface area contributed by atoms with Crippen LogP contribution in [0.5, 0.6) is 0 Å². The molecular formula is C13H13ClN6. The van der Waals surface area contributed by atoms with Crippen molar-refractivity contribution in [2.45, 2.75) is 12.0 Å². The molecule has 0 aliphatic carbocycles. The number of hydrogen-bond acceptors (Lipinski definition) is 6. The van der Waals surface area contributed by atoms with Gasteiger partial charge >= 0.3 is 0 Å². The van der Waals surface area contributed by atoms with Crippen molar-refractivity contribution in [1.82, 2.24) is 15.2 Å². The van der Waals surface area contributed by atoms with Gasteiger partial charge in [0.2, 0.25) is 0 Å². The van der Waals surface area contributed by atoms with E-state index < -0.39 is 0 Å². The van der Waals surface area contributed by atoms with E-state index in [4.69, 9.17) is 17.3 Å². The molecule has 1 unspecified atom stereocenters. The molecule has 2 aliphatic heterocycles. The molecule has 0 spiro atoms. The maximum absolute atomic E-state index is 5.96. The third-order valence-corrected chi connectivity index (χ3v) is 4.11. The fraction of sp³-hybridized carbons (Fsp3) is 0.308. The molecule has 0 saturated carbocycles. The van der Waals surface area contributed by atoms with Crippen molar-refractivity contribution in [3.63, 3.8) is 0 Å². The van der Waals surface area contributed by atoms with Gasteiger partial charge in [-0.2, -0.15) is 10.2 Å². The number of fused-ring (bicyclic) bond motifs is 4. The average molecular weight is 289 g/mol. The minimum atomic E-state index is 0.249. The molecule has 3 N–H and O–H groups in total. The zero-order valence-electron chi connectivity index (χ0n) is 10.6. The molecule has 2 aromatic rings. The van der Waals surface area contributed by atoms with Gasteiger partial charge in [0.25, 0.3) is 0 Å². The lowest BCUT2D eigenvalue weighted by atomic mass is 9.99. The van der Waals surface area contributed by atoms with Crippen LogP contribution >= 0.6 is 11.6 Å². The Morgan fingerprint density at radius 2 is 2.25 bits per heavy atom. The van der Waals surface area contributed by atoms with Crippen LogP contribution in [0.15, 0.2) is 24.4 Å². The highest BCUT2D eigenvalue weighted by Crippen LogP contribution is 2.40. The SMILES string of the molecule is Nc1cnnc(C2CN3C[C@H]2Nc2nc(Cl)ccc23)c1. The third-order valence-electron chi connectivity index (χ3n) is 3.90. The van der Waals surface area contributed by atoms with E-state index >= 15 is 0 Å². The Labute approximate surface area is 121 Å². The first-order valence-corrected chi connectivity index (χ1v) is 6.84. The lowest BCUT2D eigenvalue weighted by molar-refractivity contribution is 0.659. The molecule has 2 aromatic heterocycles. The van der Waals surface area contributed by atoms with Crippen LogP contribution in [0.1, 0.15) is 11.6 Å². The first-order chi connectivity index (χ1) is 9.70. The molecule has 2 aliphatic rings. The summed E-state index contributed by atoms with van der Waals surface area (Å²) in [6, 6.07) is 5.97. The van der Waals surface area contributed by atoms with Crippen LogP contribution in [-0.2, 0) is 0 Å². The summed E-state index contributed by atoms with van der Waals surface area (Å²) in [5.41, 5.74) is 8.45. The van der Waals surface area contributed by atoms with Crippen molar-refractivity contribution in [2.24, 2.45) is 0 Å². The number of halogens is 1. The van der Waals surface area contributed by atoms with Crippen LogP contribution < -0.4 is 16.0 Å². The summed E-state index contributed by atoms with van der Waals surface area (Å²) in [6.45, 7) is 1.81. The van der Waals surface area contributed by atoms with Gasteiger partial charge in [-0.05, 0) is 18.2 Å². The molecule has 0 radical (unpaired) electrons. The normalized spacial score (nSPS) is 23.4. The van der Waals surface area contributed by atoms with Crippen LogP contribution in [0.2, 0.25) is 5.15 Å². The zero-order valence-corrected chi connectivity index (χ0v) is 11.4. The van der Waals surface area contributed by atoms with E-state index in [0.717, 1.165) is 30.3 Å². The third kappa shape index (κ3) is 1.76. The van der Waals surface area contributed by atoms with Crippen molar-refractivity contribution in [2.75, 3.05) is 29.0 Å². The van der Waals surface area contributed by atoms with Gasteiger partial charge in [-0.25, -0.2) is 4.98 Å². The van der Waals surface area contributed by atoms with E-state index in [1.807, 2.05) is 18.2 Å². The molecule has 6 nitrogen and oxygen atoms in total. The molecule has 4 rings (SSSR count). The second kappa shape index (κ2) is 4.21. The number of aromatic nitrogens is 3. The standard InChI is InChI=1S/C13H13ClN6/c14-12-2-1-11-13(18-12)17-10-6-20(11)5-8(10)9-3-7(15)4-16-19-9/h1-4,8,10H,5-6H2,(H2,15,19)(H,17,18)/t8?,10-/m1/s1. The molecule has 4 heterocycles. The average Bonchev–Trinajstić information content (AvgIpc) is 2.77. The molecule has 102 valence electrons. The van der Waals surface area contributed by atoms with Gasteiger partial charge in [-0.3, -0.25) is 0 Å². The molecule has 0 aromatic carbocycles. The van der Waals surface area contributed by atoms with Gasteiger partial charge in [-0.15, -0.1) is 0 Å². The van der Waals surface area contributed by atoms with E-state index in [1.165, 1.54) is 0 Å². The van der Waals surface area contributed by atoms with Gasteiger partial charge in [0.05, 0.1) is 29.3 Å². The molecule has 7 heteroatoms. The maximum atomic E-state index is 5.96. The van der Waals surface area contributed by atoms with Crippen molar-refractivity contribution >= 4 is 28.8 Å². The van der Waals surface area contributed by atoms with E-state index in [2.05, 4.69) is 25.4 Å². The van der Waals surface area contributed by atoms with Gasteiger partial charge in [-0.1, -0.05) is 11.6 Å². The van der Waals surface area contributed by atoms with Gasteiger partial charge in [0.1, 0.15) is 5.15 Å². The van der Waals surface area contributed by atoms with Crippen molar-refractivity contribution in [1.29, 1.82) is 0 Å². The lowest BCUT2D eigenvalue weighted by Crippen LogP contribution is -2.33. The fourth-order valence-electron chi connectivity index (χ4n) is 2.99. The summed E-state index contributed by atoms with van der Waals surface area (Å²) in [5, 5.41) is 12.1. The fourth-order valence-corrected chi connectivity index (χ4v) is 3.14. The summed E-state index contributed by atoms with van der Waals surface area (Å²) in [7, 11) is 0. The number of nitrogens with two attached hydrogens (primary N) is 1. The molecule has 1 saturated heterocycles. The second-order valence-corrected chi connectivity index (χ2v) is 5.57. The smallest absolute Gasteiger partial charge is 0.151 e. The lowest BCUT2D eigenvalue weighted by Gasteiger charge is -2.27.